The molecule has 1 amide bonds. The molecule has 1 N–H and O–H groups in total. The molecule has 1 fully saturated rings. The zero-order valence-corrected chi connectivity index (χ0v) is 11.7. The van der Waals surface area contributed by atoms with Gasteiger partial charge < -0.3 is 9.84 Å². The number of anilines is 1. The molecule has 6 heteroatoms. The first-order chi connectivity index (χ1) is 8.67. The van der Waals surface area contributed by atoms with Crippen LogP contribution in [0, 0.1) is 0 Å². The zero-order valence-electron chi connectivity index (χ0n) is 9.30. The Kier molecular flexibility index (Phi) is 3.01. The van der Waals surface area contributed by atoms with Crippen molar-refractivity contribution in [1.29, 1.82) is 0 Å². The van der Waals surface area contributed by atoms with Crippen LogP contribution >= 0.6 is 27.3 Å². The molecule has 1 saturated heterocycles. The van der Waals surface area contributed by atoms with Crippen LogP contribution in [0.4, 0.5) is 9.80 Å². The van der Waals surface area contributed by atoms with E-state index in [0.717, 1.165) is 19.6 Å². The molecule has 0 aliphatic carbocycles. The molecule has 1 aliphatic heterocycles. The highest BCUT2D eigenvalue weighted by Crippen LogP contribution is 2.35. The third kappa shape index (κ3) is 2.00. The predicted molar refractivity (Wildman–Crippen MR) is 74.2 cm³/mol. The van der Waals surface area contributed by atoms with Gasteiger partial charge in [0.05, 0.1) is 13.2 Å². The molecule has 4 nitrogen and oxygen atoms in total. The number of carbonyl (C=O) groups excluding carboxylic acids is 1. The van der Waals surface area contributed by atoms with E-state index in [1.54, 1.807) is 4.90 Å². The van der Waals surface area contributed by atoms with Gasteiger partial charge in [-0.3, -0.25) is 4.90 Å². The van der Waals surface area contributed by atoms with Gasteiger partial charge in [-0.2, -0.15) is 0 Å². The summed E-state index contributed by atoms with van der Waals surface area (Å²) in [7, 11) is 0. The number of nitrogens with zero attached hydrogens (tertiary/aromatic N) is 1. The molecule has 0 saturated carbocycles. The molecule has 1 aromatic carbocycles. The summed E-state index contributed by atoms with van der Waals surface area (Å²) < 4.78 is 7.16. The third-order valence-corrected chi connectivity index (χ3v) is 4.43. The maximum Gasteiger partial charge on any atom is 0.415 e. The lowest BCUT2D eigenvalue weighted by atomic mass is 10.2. The molecule has 0 spiro atoms. The molecular weight excluding hydrogens is 318 g/mol. The normalized spacial score (nSPS) is 19.6. The third-order valence-electron chi connectivity index (χ3n) is 2.81. The second-order valence-electron chi connectivity index (χ2n) is 4.07. The fourth-order valence-corrected chi connectivity index (χ4v) is 3.53. The Balaban J connectivity index is 1.97. The number of benzene rings is 1. The molecular formula is C12H10BrNO3S. The second-order valence-corrected chi connectivity index (χ2v) is 6.04. The highest BCUT2D eigenvalue weighted by atomic mass is 79.9. The van der Waals surface area contributed by atoms with E-state index >= 15 is 0 Å². The molecule has 94 valence electrons. The largest absolute Gasteiger partial charge is 0.441 e. The topological polar surface area (TPSA) is 49.8 Å². The van der Waals surface area contributed by atoms with Crippen molar-refractivity contribution < 1.29 is 14.6 Å². The van der Waals surface area contributed by atoms with Crippen molar-refractivity contribution in [3.05, 3.63) is 28.7 Å². The lowest BCUT2D eigenvalue weighted by Gasteiger charge is -2.08. The Morgan fingerprint density at radius 2 is 2.33 bits per heavy atom. The molecule has 1 aromatic heterocycles. The van der Waals surface area contributed by atoms with Crippen molar-refractivity contribution in [3.63, 3.8) is 0 Å². The van der Waals surface area contributed by atoms with Gasteiger partial charge in [-0.1, -0.05) is 22.0 Å². The van der Waals surface area contributed by atoms with Crippen molar-refractivity contribution in [2.45, 2.75) is 6.10 Å². The number of carbonyl (C=O) groups is 1. The van der Waals surface area contributed by atoms with E-state index in [1.807, 2.05) is 24.3 Å². The minimum absolute atomic E-state index is 0.140. The average Bonchev–Trinajstić information content (AvgIpc) is 2.91. The van der Waals surface area contributed by atoms with Gasteiger partial charge in [0.25, 0.3) is 0 Å². The minimum atomic E-state index is -0.422. The molecule has 3 rings (SSSR count). The lowest BCUT2D eigenvalue weighted by molar-refractivity contribution is 0.0963. The zero-order chi connectivity index (χ0) is 12.7. The van der Waals surface area contributed by atoms with Gasteiger partial charge in [0.15, 0.2) is 0 Å². The van der Waals surface area contributed by atoms with Crippen LogP contribution in [-0.2, 0) is 4.74 Å². The minimum Gasteiger partial charge on any atom is -0.441 e. The van der Waals surface area contributed by atoms with E-state index in [2.05, 4.69) is 15.9 Å². The van der Waals surface area contributed by atoms with Gasteiger partial charge in [-0.05, 0) is 23.6 Å². The summed E-state index contributed by atoms with van der Waals surface area (Å²) in [5, 5.41) is 11.0. The maximum atomic E-state index is 11.7. The van der Waals surface area contributed by atoms with Crippen LogP contribution in [-0.4, -0.2) is 30.5 Å². The first-order valence-electron chi connectivity index (χ1n) is 5.45. The standard InChI is InChI=1S/C12H10BrNO3S/c13-8-2-1-7-3-11(18-10(7)4-8)14-5-9(6-15)17-12(14)16/h1-4,9,15H,5-6H2/t9-/m1/s1. The Labute approximate surface area is 116 Å². The molecule has 18 heavy (non-hydrogen) atoms. The number of ether oxygens (including phenoxy) is 1. The fourth-order valence-electron chi connectivity index (χ4n) is 1.92. The predicted octanol–water partition coefficient (Wildman–Crippen LogP) is 2.98. The van der Waals surface area contributed by atoms with Crippen molar-refractivity contribution in [2.24, 2.45) is 0 Å². The lowest BCUT2D eigenvalue weighted by Crippen LogP contribution is -2.24. The number of hydrogen-bond acceptors (Lipinski definition) is 4. The number of rotatable bonds is 2. The molecule has 1 aliphatic rings. The molecule has 0 bridgehead atoms. The van der Waals surface area contributed by atoms with Gasteiger partial charge in [0.2, 0.25) is 0 Å². The quantitative estimate of drug-likeness (QED) is 0.922. The van der Waals surface area contributed by atoms with Crippen LogP contribution in [0.2, 0.25) is 0 Å². The van der Waals surface area contributed by atoms with Crippen molar-refractivity contribution >= 4 is 48.4 Å². The van der Waals surface area contributed by atoms with Crippen molar-refractivity contribution in [1.82, 2.24) is 0 Å². The van der Waals surface area contributed by atoms with E-state index < -0.39 is 6.10 Å². The SMILES string of the molecule is O=C1O[C@@H](CO)CN1c1cc2ccc(Br)cc2s1. The highest BCUT2D eigenvalue weighted by molar-refractivity contribution is 9.10. The smallest absolute Gasteiger partial charge is 0.415 e. The number of fused-ring (bicyclic) bond motifs is 1. The number of halogens is 1. The van der Waals surface area contributed by atoms with Crippen molar-refractivity contribution in [2.75, 3.05) is 18.1 Å². The van der Waals surface area contributed by atoms with E-state index in [-0.39, 0.29) is 12.7 Å². The van der Waals surface area contributed by atoms with Gasteiger partial charge in [0, 0.05) is 9.17 Å². The average molecular weight is 328 g/mol. The van der Waals surface area contributed by atoms with Crippen LogP contribution in [0.3, 0.4) is 0 Å². The van der Waals surface area contributed by atoms with Crippen LogP contribution < -0.4 is 4.90 Å². The van der Waals surface area contributed by atoms with E-state index in [1.165, 1.54) is 11.3 Å². The summed E-state index contributed by atoms with van der Waals surface area (Å²) in [4.78, 5) is 13.2. The summed E-state index contributed by atoms with van der Waals surface area (Å²) in [6.07, 6.45) is -0.811. The van der Waals surface area contributed by atoms with Gasteiger partial charge in [-0.25, -0.2) is 4.79 Å². The summed E-state index contributed by atoms with van der Waals surface area (Å²) in [6.45, 7) is 0.266. The van der Waals surface area contributed by atoms with E-state index in [0.29, 0.717) is 6.54 Å². The number of hydrogen-bond donors (Lipinski definition) is 1. The van der Waals surface area contributed by atoms with Gasteiger partial charge in [0.1, 0.15) is 11.1 Å². The molecule has 2 aromatic rings. The first-order valence-corrected chi connectivity index (χ1v) is 7.06. The molecule has 0 radical (unpaired) electrons. The number of aliphatic hydroxyl groups excluding tert-OH is 1. The maximum absolute atomic E-state index is 11.7. The summed E-state index contributed by atoms with van der Waals surface area (Å²) in [6, 6.07) is 7.96. The van der Waals surface area contributed by atoms with Crippen LogP contribution in [0.25, 0.3) is 10.1 Å². The van der Waals surface area contributed by atoms with E-state index in [4.69, 9.17) is 9.84 Å². The number of aliphatic hydroxyl groups is 1. The molecule has 2 heterocycles. The van der Waals surface area contributed by atoms with E-state index in [9.17, 15) is 4.79 Å². The van der Waals surface area contributed by atoms with Crippen LogP contribution in [0.1, 0.15) is 0 Å². The first kappa shape index (κ1) is 12.0. The summed E-state index contributed by atoms with van der Waals surface area (Å²) >= 11 is 4.96. The Morgan fingerprint density at radius 3 is 3.06 bits per heavy atom. The summed E-state index contributed by atoms with van der Waals surface area (Å²) in [5.74, 6) is 0. The monoisotopic (exact) mass is 327 g/mol. The molecule has 1 atom stereocenters. The Bertz CT molecular complexity index is 612. The number of amides is 1. The molecule has 0 unspecified atom stereocenters. The fraction of sp³-hybridized carbons (Fsp3) is 0.250. The Morgan fingerprint density at radius 1 is 1.50 bits per heavy atom. The second kappa shape index (κ2) is 4.53. The van der Waals surface area contributed by atoms with Crippen molar-refractivity contribution in [3.8, 4) is 0 Å². The summed E-state index contributed by atoms with van der Waals surface area (Å²) in [5.41, 5.74) is 0. The number of thiophene rings is 1. The number of cyclic esters (lactones) is 1. The Hall–Kier alpha value is -1.11. The van der Waals surface area contributed by atoms with Gasteiger partial charge >= 0.3 is 6.09 Å². The van der Waals surface area contributed by atoms with Crippen LogP contribution in [0.15, 0.2) is 28.7 Å². The van der Waals surface area contributed by atoms with Crippen LogP contribution in [0.5, 0.6) is 0 Å². The van der Waals surface area contributed by atoms with Gasteiger partial charge in [-0.15, -0.1) is 11.3 Å². The highest BCUT2D eigenvalue weighted by Gasteiger charge is 2.32.